The largest absolute Gasteiger partial charge is 0.443 e. The second-order valence-electron chi connectivity index (χ2n) is 5.60. The Balaban J connectivity index is 2.68. The van der Waals surface area contributed by atoms with Crippen LogP contribution in [0.25, 0.3) is 0 Å². The average Bonchev–Trinajstić information content (AvgIpc) is 2.56. The zero-order valence-corrected chi connectivity index (χ0v) is 11.2. The number of carbonyl (C=O) groups excluding carboxylic acids is 2. The van der Waals surface area contributed by atoms with E-state index in [9.17, 15) is 19.8 Å². The number of rotatable bonds is 2. The van der Waals surface area contributed by atoms with Crippen molar-refractivity contribution in [2.45, 2.75) is 51.9 Å². The first-order chi connectivity index (χ1) is 8.13. The van der Waals surface area contributed by atoms with Gasteiger partial charge in [-0.3, -0.25) is 4.79 Å². The highest BCUT2D eigenvalue weighted by Gasteiger charge is 2.42. The Kier molecular flexibility index (Phi) is 4.34. The molecule has 6 nitrogen and oxygen atoms in total. The van der Waals surface area contributed by atoms with Gasteiger partial charge >= 0.3 is 6.09 Å². The smallest absolute Gasteiger partial charge is 0.417 e. The molecular formula is C12H21NO5. The number of hydrogen-bond acceptors (Lipinski definition) is 5. The van der Waals surface area contributed by atoms with Crippen LogP contribution in [0.15, 0.2) is 0 Å². The predicted octanol–water partition coefficient (Wildman–Crippen LogP) is 0.512. The number of likely N-dealkylation sites (tertiary alicyclic amines) is 1. The van der Waals surface area contributed by atoms with Gasteiger partial charge in [0.05, 0.1) is 18.1 Å². The minimum Gasteiger partial charge on any atom is -0.443 e. The molecule has 1 fully saturated rings. The van der Waals surface area contributed by atoms with Gasteiger partial charge < -0.3 is 14.9 Å². The molecule has 0 radical (unpaired) electrons. The van der Waals surface area contributed by atoms with Gasteiger partial charge in [-0.15, -0.1) is 0 Å². The standard InChI is InChI=1S/C12H21NO5/c1-7(14)9(15)8-5-6-13(10(8)16)11(17)18-12(2,3)4/h7-9,14-15H,5-6H2,1-4H3/t7-,8-,9+/m1/s1. The van der Waals surface area contributed by atoms with Crippen LogP contribution in [-0.4, -0.2) is 51.5 Å². The van der Waals surface area contributed by atoms with Crippen molar-refractivity contribution in [2.75, 3.05) is 6.54 Å². The molecule has 0 spiro atoms. The van der Waals surface area contributed by atoms with Crippen LogP contribution < -0.4 is 0 Å². The lowest BCUT2D eigenvalue weighted by atomic mass is 9.97. The fourth-order valence-electron chi connectivity index (χ4n) is 1.85. The fourth-order valence-corrected chi connectivity index (χ4v) is 1.85. The van der Waals surface area contributed by atoms with E-state index in [4.69, 9.17) is 4.74 Å². The molecule has 0 unspecified atom stereocenters. The van der Waals surface area contributed by atoms with Gasteiger partial charge in [-0.1, -0.05) is 0 Å². The summed E-state index contributed by atoms with van der Waals surface area (Å²) in [6.45, 7) is 6.77. The molecule has 1 heterocycles. The molecule has 0 aromatic carbocycles. The summed E-state index contributed by atoms with van der Waals surface area (Å²) in [5.41, 5.74) is -0.668. The SMILES string of the molecule is C[C@@H](O)[C@H](O)[C@H]1CCN(C(=O)OC(C)(C)C)C1=O. The summed E-state index contributed by atoms with van der Waals surface area (Å²) in [6, 6.07) is 0. The Morgan fingerprint density at radius 1 is 1.44 bits per heavy atom. The maximum absolute atomic E-state index is 11.9. The molecule has 2 N–H and O–H groups in total. The van der Waals surface area contributed by atoms with E-state index in [1.165, 1.54) is 6.92 Å². The highest BCUT2D eigenvalue weighted by molar-refractivity contribution is 5.95. The normalized spacial score (nSPS) is 24.0. The number of aliphatic hydroxyl groups excluding tert-OH is 2. The number of imide groups is 1. The summed E-state index contributed by atoms with van der Waals surface area (Å²) in [6.07, 6.45) is -2.51. The summed E-state index contributed by atoms with van der Waals surface area (Å²) in [4.78, 5) is 24.7. The number of ether oxygens (including phenoxy) is 1. The summed E-state index contributed by atoms with van der Waals surface area (Å²) >= 11 is 0. The zero-order valence-electron chi connectivity index (χ0n) is 11.2. The van der Waals surface area contributed by atoms with Gasteiger partial charge in [0, 0.05) is 6.54 Å². The van der Waals surface area contributed by atoms with Crippen molar-refractivity contribution in [1.29, 1.82) is 0 Å². The number of hydrogen-bond donors (Lipinski definition) is 2. The zero-order chi connectivity index (χ0) is 14.1. The van der Waals surface area contributed by atoms with Crippen molar-refractivity contribution < 1.29 is 24.5 Å². The molecular weight excluding hydrogens is 238 g/mol. The molecule has 2 amide bonds. The van der Waals surface area contributed by atoms with Crippen LogP contribution >= 0.6 is 0 Å². The molecule has 0 aromatic heterocycles. The van der Waals surface area contributed by atoms with Crippen LogP contribution in [0.3, 0.4) is 0 Å². The molecule has 3 atom stereocenters. The van der Waals surface area contributed by atoms with E-state index >= 15 is 0 Å². The third kappa shape index (κ3) is 3.43. The van der Waals surface area contributed by atoms with Crippen LogP contribution in [-0.2, 0) is 9.53 Å². The Labute approximate surface area is 107 Å². The van der Waals surface area contributed by atoms with E-state index in [1.807, 2.05) is 0 Å². The van der Waals surface area contributed by atoms with Crippen molar-refractivity contribution >= 4 is 12.0 Å². The van der Waals surface area contributed by atoms with Gasteiger partial charge in [-0.25, -0.2) is 9.69 Å². The number of aliphatic hydroxyl groups is 2. The molecule has 104 valence electrons. The van der Waals surface area contributed by atoms with Crippen LogP contribution in [0, 0.1) is 5.92 Å². The van der Waals surface area contributed by atoms with Crippen molar-refractivity contribution in [3.8, 4) is 0 Å². The molecule has 1 aliphatic heterocycles. The van der Waals surface area contributed by atoms with E-state index < -0.39 is 35.7 Å². The van der Waals surface area contributed by atoms with Gasteiger partial charge in [-0.05, 0) is 34.1 Å². The van der Waals surface area contributed by atoms with Crippen molar-refractivity contribution in [3.05, 3.63) is 0 Å². The molecule has 1 aliphatic rings. The first kappa shape index (κ1) is 14.9. The van der Waals surface area contributed by atoms with Crippen LogP contribution in [0.5, 0.6) is 0 Å². The number of carbonyl (C=O) groups is 2. The summed E-state index contributed by atoms with van der Waals surface area (Å²) < 4.78 is 5.10. The summed E-state index contributed by atoms with van der Waals surface area (Å²) in [7, 11) is 0. The van der Waals surface area contributed by atoms with E-state index in [0.717, 1.165) is 4.90 Å². The van der Waals surface area contributed by atoms with Gasteiger partial charge in [-0.2, -0.15) is 0 Å². The van der Waals surface area contributed by atoms with Gasteiger partial charge in [0.25, 0.3) is 0 Å². The van der Waals surface area contributed by atoms with E-state index in [0.29, 0.717) is 6.42 Å². The topological polar surface area (TPSA) is 87.1 Å². The van der Waals surface area contributed by atoms with Crippen molar-refractivity contribution in [3.63, 3.8) is 0 Å². The molecule has 0 aliphatic carbocycles. The Bertz CT molecular complexity index is 334. The Morgan fingerprint density at radius 3 is 2.44 bits per heavy atom. The lowest BCUT2D eigenvalue weighted by Gasteiger charge is -2.24. The van der Waals surface area contributed by atoms with Crippen LogP contribution in [0.1, 0.15) is 34.1 Å². The Hall–Kier alpha value is -1.14. The molecule has 6 heteroatoms. The monoisotopic (exact) mass is 259 g/mol. The highest BCUT2D eigenvalue weighted by Crippen LogP contribution is 2.25. The lowest BCUT2D eigenvalue weighted by molar-refractivity contribution is -0.135. The number of nitrogens with zero attached hydrogens (tertiary/aromatic N) is 1. The Morgan fingerprint density at radius 2 is 2.00 bits per heavy atom. The van der Waals surface area contributed by atoms with Crippen LogP contribution in [0.4, 0.5) is 4.79 Å². The predicted molar refractivity (Wildman–Crippen MR) is 63.7 cm³/mol. The lowest BCUT2D eigenvalue weighted by Crippen LogP contribution is -2.42. The van der Waals surface area contributed by atoms with Crippen molar-refractivity contribution in [1.82, 2.24) is 4.90 Å². The molecule has 0 bridgehead atoms. The molecule has 0 aromatic rings. The maximum atomic E-state index is 11.9. The fraction of sp³-hybridized carbons (Fsp3) is 0.833. The minimum absolute atomic E-state index is 0.211. The molecule has 1 rings (SSSR count). The highest BCUT2D eigenvalue weighted by atomic mass is 16.6. The van der Waals surface area contributed by atoms with Gasteiger partial charge in [0.15, 0.2) is 0 Å². The summed E-state index contributed by atoms with van der Waals surface area (Å²) in [5, 5.41) is 19.0. The second kappa shape index (κ2) is 5.24. The van der Waals surface area contributed by atoms with E-state index in [1.54, 1.807) is 20.8 Å². The molecule has 18 heavy (non-hydrogen) atoms. The second-order valence-corrected chi connectivity index (χ2v) is 5.60. The average molecular weight is 259 g/mol. The summed E-state index contributed by atoms with van der Waals surface area (Å²) in [5.74, 6) is -1.23. The van der Waals surface area contributed by atoms with E-state index in [2.05, 4.69) is 0 Å². The van der Waals surface area contributed by atoms with Gasteiger partial charge in [0.2, 0.25) is 5.91 Å². The minimum atomic E-state index is -1.15. The molecule has 1 saturated heterocycles. The first-order valence-corrected chi connectivity index (χ1v) is 6.04. The quantitative estimate of drug-likeness (QED) is 0.754. The maximum Gasteiger partial charge on any atom is 0.417 e. The van der Waals surface area contributed by atoms with Gasteiger partial charge in [0.1, 0.15) is 5.60 Å². The third-order valence-electron chi connectivity index (χ3n) is 2.77. The third-order valence-corrected chi connectivity index (χ3v) is 2.77. The van der Waals surface area contributed by atoms with Crippen molar-refractivity contribution in [2.24, 2.45) is 5.92 Å². The number of amides is 2. The van der Waals surface area contributed by atoms with Crippen LogP contribution in [0.2, 0.25) is 0 Å². The first-order valence-electron chi connectivity index (χ1n) is 6.04. The van der Waals surface area contributed by atoms with E-state index in [-0.39, 0.29) is 6.54 Å². The molecule has 0 saturated carbocycles.